The number of halogens is 3. The van der Waals surface area contributed by atoms with Crippen LogP contribution in [0, 0.1) is 5.92 Å². The van der Waals surface area contributed by atoms with E-state index < -0.39 is 27.7 Å². The maximum absolute atomic E-state index is 12.1. The highest BCUT2D eigenvalue weighted by molar-refractivity contribution is 7.87. The maximum atomic E-state index is 12.1. The average Bonchev–Trinajstić information content (AvgIpc) is 2.27. The van der Waals surface area contributed by atoms with Gasteiger partial charge in [-0.15, -0.1) is 0 Å². The monoisotopic (exact) mass is 306 g/mol. The third-order valence-electron chi connectivity index (χ3n) is 2.69. The number of ether oxygens (including phenoxy) is 1. The molecule has 0 bridgehead atoms. The van der Waals surface area contributed by atoms with Crippen molar-refractivity contribution in [2.24, 2.45) is 5.92 Å². The Balaban J connectivity index is 2.71. The summed E-state index contributed by atoms with van der Waals surface area (Å²) >= 11 is 0. The minimum absolute atomic E-state index is 0.238. The molecule has 1 N–H and O–H groups in total. The van der Waals surface area contributed by atoms with E-state index >= 15 is 0 Å². The fourth-order valence-electron chi connectivity index (χ4n) is 1.67. The molecule has 10 heteroatoms. The summed E-state index contributed by atoms with van der Waals surface area (Å²) < 4.78 is 66.7. The second kappa shape index (κ2) is 6.06. The molecule has 0 aromatic rings. The third-order valence-corrected chi connectivity index (χ3v) is 3.74. The Morgan fingerprint density at radius 1 is 1.37 bits per heavy atom. The van der Waals surface area contributed by atoms with E-state index in [1.807, 2.05) is 0 Å². The highest BCUT2D eigenvalue weighted by atomic mass is 32.2. The summed E-state index contributed by atoms with van der Waals surface area (Å²) in [5, 5.41) is 8.74. The summed E-state index contributed by atoms with van der Waals surface area (Å²) in [4.78, 5) is 10.8. The minimum Gasteiger partial charge on any atom is -0.479 e. The second-order valence-electron chi connectivity index (χ2n) is 4.11. The van der Waals surface area contributed by atoms with E-state index in [2.05, 4.69) is 4.18 Å². The molecular formula is C9H13F3O6S. The zero-order chi connectivity index (χ0) is 14.7. The topological polar surface area (TPSA) is 89.9 Å². The summed E-state index contributed by atoms with van der Waals surface area (Å²) in [6.45, 7) is 0.728. The Morgan fingerprint density at radius 3 is 2.32 bits per heavy atom. The Kier molecular flexibility index (Phi) is 5.16. The van der Waals surface area contributed by atoms with Crippen LogP contribution in [0.3, 0.4) is 0 Å². The fourth-order valence-corrected chi connectivity index (χ4v) is 2.25. The molecule has 0 amide bonds. The molecule has 6 nitrogen and oxygen atoms in total. The molecule has 1 fully saturated rings. The van der Waals surface area contributed by atoms with Gasteiger partial charge in [-0.05, 0) is 25.2 Å². The van der Waals surface area contributed by atoms with Crippen molar-refractivity contribution in [1.82, 2.24) is 0 Å². The summed E-state index contributed by atoms with van der Waals surface area (Å²) in [7, 11) is -5.90. The number of hydrogen-bond donors (Lipinski definition) is 1. The third kappa shape index (κ3) is 4.62. The van der Waals surface area contributed by atoms with Gasteiger partial charge in [0.15, 0.2) is 6.10 Å². The summed E-state index contributed by atoms with van der Waals surface area (Å²) in [5.41, 5.74) is -5.63. The van der Waals surface area contributed by atoms with E-state index in [0.29, 0.717) is 26.1 Å². The zero-order valence-electron chi connectivity index (χ0n) is 9.72. The molecule has 1 unspecified atom stereocenters. The summed E-state index contributed by atoms with van der Waals surface area (Å²) in [5.74, 6) is -1.97. The minimum atomic E-state index is -5.90. The first-order chi connectivity index (χ1) is 8.63. The van der Waals surface area contributed by atoms with Gasteiger partial charge in [-0.25, -0.2) is 8.98 Å². The van der Waals surface area contributed by atoms with Gasteiger partial charge in [0, 0.05) is 13.2 Å². The quantitative estimate of drug-likeness (QED) is 0.605. The molecule has 112 valence electrons. The molecule has 1 aliphatic heterocycles. The maximum Gasteiger partial charge on any atom is 0.523 e. The largest absolute Gasteiger partial charge is 0.523 e. The molecule has 0 aliphatic carbocycles. The highest BCUT2D eigenvalue weighted by Crippen LogP contribution is 2.28. The van der Waals surface area contributed by atoms with Gasteiger partial charge < -0.3 is 9.84 Å². The zero-order valence-corrected chi connectivity index (χ0v) is 10.5. The van der Waals surface area contributed by atoms with Gasteiger partial charge >= 0.3 is 21.6 Å². The predicted octanol–water partition coefficient (Wildman–Crippen LogP) is 1.12. The molecule has 1 aliphatic rings. The summed E-state index contributed by atoms with van der Waals surface area (Å²) in [6, 6.07) is 0. The van der Waals surface area contributed by atoms with Crippen molar-refractivity contribution in [2.45, 2.75) is 30.9 Å². The van der Waals surface area contributed by atoms with Crippen LogP contribution in [-0.4, -0.2) is 44.3 Å². The molecule has 0 aromatic heterocycles. The van der Waals surface area contributed by atoms with Crippen LogP contribution in [0.1, 0.15) is 19.3 Å². The molecule has 1 heterocycles. The Bertz CT molecular complexity index is 412. The van der Waals surface area contributed by atoms with Crippen molar-refractivity contribution in [3.63, 3.8) is 0 Å². The lowest BCUT2D eigenvalue weighted by Gasteiger charge is -2.24. The van der Waals surface area contributed by atoms with Gasteiger partial charge in [0.05, 0.1) is 0 Å². The fraction of sp³-hybridized carbons (Fsp3) is 0.889. The van der Waals surface area contributed by atoms with E-state index in [1.165, 1.54) is 0 Å². The standard InChI is InChI=1S/C9H13F3O6S/c10-9(11,12)19(15,16)18-7(8(13)14)5-6-1-3-17-4-2-6/h6-7H,1-5H2,(H,13,14). The van der Waals surface area contributed by atoms with Crippen LogP contribution >= 0.6 is 0 Å². The number of alkyl halides is 3. The molecule has 0 spiro atoms. The van der Waals surface area contributed by atoms with E-state index in [4.69, 9.17) is 9.84 Å². The van der Waals surface area contributed by atoms with Crippen LogP contribution in [0.15, 0.2) is 0 Å². The van der Waals surface area contributed by atoms with Crippen molar-refractivity contribution in [3.8, 4) is 0 Å². The molecular weight excluding hydrogens is 293 g/mol. The van der Waals surface area contributed by atoms with Gasteiger partial charge in [-0.1, -0.05) is 0 Å². The van der Waals surface area contributed by atoms with Crippen molar-refractivity contribution in [2.75, 3.05) is 13.2 Å². The molecule has 1 saturated heterocycles. The molecule has 0 saturated carbocycles. The molecule has 0 aromatic carbocycles. The first kappa shape index (κ1) is 16.2. The Hall–Kier alpha value is -0.870. The molecule has 0 radical (unpaired) electrons. The molecule has 1 atom stereocenters. The van der Waals surface area contributed by atoms with Crippen molar-refractivity contribution in [3.05, 3.63) is 0 Å². The van der Waals surface area contributed by atoms with Gasteiger partial charge in [-0.2, -0.15) is 21.6 Å². The van der Waals surface area contributed by atoms with Crippen LogP contribution in [-0.2, 0) is 23.8 Å². The number of hydrogen-bond acceptors (Lipinski definition) is 5. The smallest absolute Gasteiger partial charge is 0.479 e. The predicted molar refractivity (Wildman–Crippen MR) is 55.6 cm³/mol. The number of carboxylic acid groups (broad SMARTS) is 1. The van der Waals surface area contributed by atoms with Gasteiger partial charge in [0.1, 0.15) is 0 Å². The number of aliphatic carboxylic acids is 1. The van der Waals surface area contributed by atoms with E-state index in [9.17, 15) is 26.4 Å². The van der Waals surface area contributed by atoms with Gasteiger partial charge in [0.2, 0.25) is 0 Å². The number of rotatable bonds is 5. The van der Waals surface area contributed by atoms with Crippen molar-refractivity contribution < 1.29 is 40.4 Å². The van der Waals surface area contributed by atoms with Gasteiger partial charge in [-0.3, -0.25) is 0 Å². The lowest BCUT2D eigenvalue weighted by molar-refractivity contribution is -0.147. The normalized spacial score (nSPS) is 20.2. The Morgan fingerprint density at radius 2 is 1.89 bits per heavy atom. The second-order valence-corrected chi connectivity index (χ2v) is 5.68. The van der Waals surface area contributed by atoms with E-state index in [1.54, 1.807) is 0 Å². The van der Waals surface area contributed by atoms with Crippen molar-refractivity contribution in [1.29, 1.82) is 0 Å². The van der Waals surface area contributed by atoms with E-state index in [-0.39, 0.29) is 12.3 Å². The highest BCUT2D eigenvalue weighted by Gasteiger charge is 2.49. The van der Waals surface area contributed by atoms with Crippen LogP contribution in [0.4, 0.5) is 13.2 Å². The lowest BCUT2D eigenvalue weighted by atomic mass is 9.94. The van der Waals surface area contributed by atoms with E-state index in [0.717, 1.165) is 0 Å². The van der Waals surface area contributed by atoms with Gasteiger partial charge in [0.25, 0.3) is 0 Å². The van der Waals surface area contributed by atoms with Crippen LogP contribution in [0.2, 0.25) is 0 Å². The van der Waals surface area contributed by atoms with Crippen LogP contribution < -0.4 is 0 Å². The molecule has 19 heavy (non-hydrogen) atoms. The molecule has 1 rings (SSSR count). The summed E-state index contributed by atoms with van der Waals surface area (Å²) in [6.07, 6.45) is -1.42. The Labute approximate surface area is 107 Å². The lowest BCUT2D eigenvalue weighted by Crippen LogP contribution is -2.36. The number of carbonyl (C=O) groups is 1. The number of carboxylic acids is 1. The average molecular weight is 306 g/mol. The SMILES string of the molecule is O=C(O)C(CC1CCOCC1)OS(=O)(=O)C(F)(F)F. The first-order valence-electron chi connectivity index (χ1n) is 5.43. The van der Waals surface area contributed by atoms with Crippen LogP contribution in [0.25, 0.3) is 0 Å². The first-order valence-corrected chi connectivity index (χ1v) is 6.84. The van der Waals surface area contributed by atoms with Crippen molar-refractivity contribution >= 4 is 16.1 Å². The van der Waals surface area contributed by atoms with Crippen LogP contribution in [0.5, 0.6) is 0 Å².